The zero-order valence-corrected chi connectivity index (χ0v) is 54.8. The predicted octanol–water partition coefficient (Wildman–Crippen LogP) is 10.1. The fourth-order valence-corrected chi connectivity index (χ4v) is 11.2. The molecule has 0 amide bonds. The molecule has 3 aromatic carbocycles. The van der Waals surface area contributed by atoms with E-state index in [1.165, 1.54) is 172 Å². The second kappa shape index (κ2) is 54.0. The van der Waals surface area contributed by atoms with Gasteiger partial charge in [0.05, 0.1) is 34.5 Å². The van der Waals surface area contributed by atoms with E-state index in [4.69, 9.17) is 15.3 Å². The van der Waals surface area contributed by atoms with Gasteiger partial charge in [-0.05, 0) is 73.4 Å². The molecule has 3 aromatic rings. The minimum Gasteiger partial charge on any atom is -0.744 e. The Morgan fingerprint density at radius 2 is 0.513 bits per heavy atom. The van der Waals surface area contributed by atoms with Crippen LogP contribution >= 0.6 is 0 Å². The van der Waals surface area contributed by atoms with Gasteiger partial charge < -0.3 is 29.0 Å². The largest absolute Gasteiger partial charge is 2.00 e. The van der Waals surface area contributed by atoms with Crippen LogP contribution in [0.5, 0.6) is 0 Å². The van der Waals surface area contributed by atoms with Gasteiger partial charge in [0.1, 0.15) is 30.4 Å². The first kappa shape index (κ1) is 81.2. The molecule has 0 saturated heterocycles. The van der Waals surface area contributed by atoms with Gasteiger partial charge in [0.25, 0.3) is 0 Å². The van der Waals surface area contributed by atoms with Crippen molar-refractivity contribution >= 4 is 53.4 Å². The topological polar surface area (TPSA) is 236 Å². The van der Waals surface area contributed by atoms with Crippen molar-refractivity contribution in [3.8, 4) is 0 Å². The van der Waals surface area contributed by atoms with Crippen LogP contribution in [0.3, 0.4) is 0 Å². The maximum Gasteiger partial charge on any atom is 2.00 e. The fraction of sp³-hybridized carbons (Fsp3) is 0.700. The second-order valence-electron chi connectivity index (χ2n) is 20.0. The molecule has 0 bridgehead atoms. The average Bonchev–Trinajstić information content (AvgIpc) is 3.38. The monoisotopic (exact) mass is 1170 g/mol. The first-order valence-corrected chi connectivity index (χ1v) is 33.4. The van der Waals surface area contributed by atoms with E-state index in [1.54, 1.807) is 59.5 Å². The van der Waals surface area contributed by atoms with Crippen molar-refractivity contribution in [3.05, 3.63) is 89.5 Å². The van der Waals surface area contributed by atoms with Gasteiger partial charge in [-0.25, -0.2) is 25.3 Å². The molecule has 0 radical (unpaired) electrons. The van der Waals surface area contributed by atoms with Crippen LogP contribution in [0.4, 0.5) is 0 Å². The molecule has 18 heteroatoms. The summed E-state index contributed by atoms with van der Waals surface area (Å²) < 4.78 is 101. The second-order valence-corrected chi connectivity index (χ2v) is 24.0. The first-order valence-electron chi connectivity index (χ1n) is 29.2. The van der Waals surface area contributed by atoms with Crippen molar-refractivity contribution in [2.24, 2.45) is 0 Å². The summed E-state index contributed by atoms with van der Waals surface area (Å²) in [5, 5.41) is 25.5. The predicted molar refractivity (Wildman–Crippen MR) is 313 cm³/mol. The van der Waals surface area contributed by atoms with Gasteiger partial charge in [0.15, 0.2) is 0 Å². The summed E-state index contributed by atoms with van der Waals surface area (Å²) in [6.07, 6.45) is 39.5. The molecule has 0 aliphatic heterocycles. The SMILES string of the molecule is CCCCCCCCCCCCc1ccccc1S(=O)(=O)[O-].CCCCCCCCCCCCc1ccccc1S(=O)(=O)[O-].CCCCCCCCCCCCc1ccccc1S(=O)(=O)[O-].OCCN(CCO)CCO.[Mg+2].[Na+]. The number of nitrogens with zero attached hydrogens (tertiary/aromatic N) is 1. The van der Waals surface area contributed by atoms with E-state index in [9.17, 15) is 38.9 Å². The van der Waals surface area contributed by atoms with Gasteiger partial charge in [-0.15, -0.1) is 0 Å². The summed E-state index contributed by atoms with van der Waals surface area (Å²) in [4.78, 5) is 1.64. The van der Waals surface area contributed by atoms with Crippen LogP contribution in [0, 0.1) is 0 Å². The third kappa shape index (κ3) is 45.5. The number of hydrogen-bond acceptors (Lipinski definition) is 13. The van der Waals surface area contributed by atoms with Crippen molar-refractivity contribution < 1.29 is 83.8 Å². The maximum absolute atomic E-state index is 11.2. The van der Waals surface area contributed by atoms with Gasteiger partial charge in [-0.2, -0.15) is 0 Å². The molecule has 0 spiro atoms. The van der Waals surface area contributed by atoms with E-state index in [0.717, 1.165) is 38.5 Å². The number of aliphatic hydroxyl groups is 3. The number of unbranched alkanes of at least 4 members (excludes halogenated alkanes) is 27. The molecule has 0 atom stereocenters. The maximum atomic E-state index is 11.2. The van der Waals surface area contributed by atoms with Gasteiger partial charge in [0, 0.05) is 19.6 Å². The minimum absolute atomic E-state index is 0. The van der Waals surface area contributed by atoms with Gasteiger partial charge in [-0.1, -0.05) is 249 Å². The fourth-order valence-electron chi connectivity index (χ4n) is 9.03. The Morgan fingerprint density at radius 3 is 0.692 bits per heavy atom. The van der Waals surface area contributed by atoms with E-state index in [-0.39, 0.29) is 87.1 Å². The van der Waals surface area contributed by atoms with Crippen LogP contribution < -0.4 is 29.6 Å². The number of rotatable bonds is 42. The minimum atomic E-state index is -4.35. The third-order valence-corrected chi connectivity index (χ3v) is 16.2. The Kier molecular flexibility index (Phi) is 56.2. The van der Waals surface area contributed by atoms with E-state index in [1.807, 2.05) is 0 Å². The summed E-state index contributed by atoms with van der Waals surface area (Å²) in [5.74, 6) is 0. The Morgan fingerprint density at radius 1 is 0.333 bits per heavy atom. The molecule has 0 aromatic heterocycles. The Labute approximate surface area is 514 Å². The summed E-state index contributed by atoms with van der Waals surface area (Å²) in [6.45, 7) is 8.45. The van der Waals surface area contributed by atoms with Crippen molar-refractivity contribution in [1.82, 2.24) is 4.90 Å². The third-order valence-electron chi connectivity index (χ3n) is 13.4. The quantitative estimate of drug-likeness (QED) is 0.0272. The van der Waals surface area contributed by atoms with Crippen molar-refractivity contribution in [3.63, 3.8) is 0 Å². The van der Waals surface area contributed by atoms with Crippen LogP contribution in [0.2, 0.25) is 0 Å². The standard InChI is InChI=1S/3C18H30O3S.C6H15NO3.Mg.Na/c3*1-2-3-4-5-6-7-8-9-10-11-14-17-15-12-13-16-18(17)22(19,20)21;8-4-1-7(2-5-9)3-6-10;;/h3*12-13,15-16H,2-11,14H2,1H3,(H,19,20,21);8-10H,1-6H2;;/q;;;;+2;+1/p-3. The van der Waals surface area contributed by atoms with Crippen LogP contribution in [-0.4, -0.2) is 122 Å². The summed E-state index contributed by atoms with van der Waals surface area (Å²) >= 11 is 0. The molecule has 0 unspecified atom stereocenters. The Hall–Kier alpha value is -1.00. The Balaban J connectivity index is -0.000000983. The number of hydrogen-bond donors (Lipinski definition) is 3. The summed E-state index contributed by atoms with van der Waals surface area (Å²) in [5.41, 5.74) is 1.99. The Bertz CT molecular complexity index is 1930. The molecule has 0 aliphatic carbocycles. The van der Waals surface area contributed by atoms with Gasteiger partial charge in [-0.3, -0.25) is 4.90 Å². The molecule has 0 fully saturated rings. The number of aliphatic hydroxyl groups excluding tert-OH is 3. The van der Waals surface area contributed by atoms with E-state index < -0.39 is 30.4 Å². The zero-order chi connectivity index (χ0) is 56.6. The smallest absolute Gasteiger partial charge is 0.744 e. The molecule has 440 valence electrons. The molecule has 0 saturated carbocycles. The first-order chi connectivity index (χ1) is 36.5. The molecular formula is C60H102MgNNaO12S3. The van der Waals surface area contributed by atoms with Gasteiger partial charge in [0.2, 0.25) is 0 Å². The average molecular weight is 1170 g/mol. The molecule has 0 aliphatic rings. The van der Waals surface area contributed by atoms with E-state index >= 15 is 0 Å². The van der Waals surface area contributed by atoms with Gasteiger partial charge >= 0.3 is 52.6 Å². The molecular weight excluding hydrogens is 1070 g/mol. The summed E-state index contributed by atoms with van der Waals surface area (Å²) in [7, 11) is -13.0. The zero-order valence-electron chi connectivity index (χ0n) is 48.9. The summed E-state index contributed by atoms with van der Waals surface area (Å²) in [6, 6.07) is 19.7. The molecule has 0 heterocycles. The molecule has 3 rings (SSSR count). The number of aryl methyl sites for hydroxylation is 3. The van der Waals surface area contributed by atoms with Crippen LogP contribution in [0.25, 0.3) is 0 Å². The normalized spacial score (nSPS) is 11.3. The van der Waals surface area contributed by atoms with E-state index in [2.05, 4.69) is 20.8 Å². The van der Waals surface area contributed by atoms with Crippen LogP contribution in [0.15, 0.2) is 87.5 Å². The molecule has 3 N–H and O–H groups in total. The molecule has 13 nitrogen and oxygen atoms in total. The van der Waals surface area contributed by atoms with Crippen LogP contribution in [0.1, 0.15) is 230 Å². The number of benzene rings is 3. The van der Waals surface area contributed by atoms with Crippen molar-refractivity contribution in [2.75, 3.05) is 39.5 Å². The van der Waals surface area contributed by atoms with Crippen molar-refractivity contribution in [1.29, 1.82) is 0 Å². The van der Waals surface area contributed by atoms with E-state index in [0.29, 0.717) is 55.6 Å². The van der Waals surface area contributed by atoms with Crippen LogP contribution in [-0.2, 0) is 49.6 Å². The van der Waals surface area contributed by atoms with Crippen molar-refractivity contribution in [2.45, 2.75) is 247 Å². The molecule has 78 heavy (non-hydrogen) atoms.